The number of sulfone groups is 1. The molecule has 0 aromatic rings. The van der Waals surface area contributed by atoms with Crippen LogP contribution in [0.2, 0.25) is 0 Å². The first-order chi connectivity index (χ1) is 16.5. The quantitative estimate of drug-likeness (QED) is 0.335. The third-order valence-corrected chi connectivity index (χ3v) is 8.16. The van der Waals surface area contributed by atoms with Crippen LogP contribution in [0.15, 0.2) is 0 Å². The molecule has 0 spiro atoms. The van der Waals surface area contributed by atoms with Crippen LogP contribution in [0.25, 0.3) is 0 Å². The van der Waals surface area contributed by atoms with E-state index < -0.39 is 20.9 Å². The summed E-state index contributed by atoms with van der Waals surface area (Å²) in [5.41, 5.74) is 0.498. The van der Waals surface area contributed by atoms with Crippen molar-refractivity contribution in [2.24, 2.45) is 0 Å². The largest absolute Gasteiger partial charge is 0.773 e. The lowest BCUT2D eigenvalue weighted by atomic mass is 9.90. The summed E-state index contributed by atoms with van der Waals surface area (Å²) in [7, 11) is -2.82. The molecule has 1 unspecified atom stereocenters. The van der Waals surface area contributed by atoms with Crippen molar-refractivity contribution in [2.75, 3.05) is 31.4 Å². The Bertz CT molecular complexity index is 683. The van der Waals surface area contributed by atoms with Gasteiger partial charge < -0.3 is 4.55 Å². The minimum atomic E-state index is -2.82. The molecule has 2 aliphatic carbocycles. The Balaban J connectivity index is 0.000000606. The summed E-state index contributed by atoms with van der Waals surface area (Å²) >= 11 is -1.86. The van der Waals surface area contributed by atoms with Crippen molar-refractivity contribution in [2.45, 2.75) is 149 Å². The molecule has 0 aromatic heterocycles. The highest BCUT2D eigenvalue weighted by Gasteiger charge is 2.30. The third kappa shape index (κ3) is 17.5. The molecule has 6 nitrogen and oxygen atoms in total. The van der Waals surface area contributed by atoms with E-state index in [1.807, 2.05) is 0 Å². The highest BCUT2D eigenvalue weighted by molar-refractivity contribution is 7.90. The summed E-state index contributed by atoms with van der Waals surface area (Å²) in [6.45, 7) is 18.3. The SMILES string of the molecule is CC(C)(C)N(CCCS(C)(=O)=O)C1CCCCC1.CCCN(C1CCCCC1)C(C)(C)C.CS(=O)[O-]. The maximum Gasteiger partial charge on any atom is 0.147 e. The third-order valence-electron chi connectivity index (χ3n) is 7.13. The predicted molar refractivity (Wildman–Crippen MR) is 156 cm³/mol. The van der Waals surface area contributed by atoms with Crippen LogP contribution < -0.4 is 0 Å². The molecular weight excluding hydrogens is 492 g/mol. The maximum atomic E-state index is 11.2. The Hall–Kier alpha value is -0.0200. The van der Waals surface area contributed by atoms with Crippen molar-refractivity contribution in [1.29, 1.82) is 0 Å². The lowest BCUT2D eigenvalue weighted by Gasteiger charge is -2.43. The van der Waals surface area contributed by atoms with Crippen molar-refractivity contribution in [1.82, 2.24) is 9.80 Å². The van der Waals surface area contributed by atoms with E-state index in [9.17, 15) is 8.42 Å². The molecule has 0 radical (unpaired) electrons. The van der Waals surface area contributed by atoms with Crippen LogP contribution >= 0.6 is 0 Å². The lowest BCUT2D eigenvalue weighted by molar-refractivity contribution is 0.0604. The maximum absolute atomic E-state index is 11.2. The Morgan fingerprint density at radius 1 is 0.778 bits per heavy atom. The van der Waals surface area contributed by atoms with E-state index in [1.165, 1.54) is 83.4 Å². The molecule has 0 bridgehead atoms. The van der Waals surface area contributed by atoms with Gasteiger partial charge in [-0.25, -0.2) is 8.42 Å². The van der Waals surface area contributed by atoms with Gasteiger partial charge in [0.25, 0.3) is 0 Å². The van der Waals surface area contributed by atoms with E-state index in [1.54, 1.807) is 0 Å². The van der Waals surface area contributed by atoms with Crippen molar-refractivity contribution < 1.29 is 17.2 Å². The van der Waals surface area contributed by atoms with Gasteiger partial charge in [-0.05, 0) is 99.4 Å². The van der Waals surface area contributed by atoms with Crippen LogP contribution in [-0.2, 0) is 20.9 Å². The first-order valence-corrected chi connectivity index (χ1v) is 17.8. The fraction of sp³-hybridized carbons (Fsp3) is 1.00. The van der Waals surface area contributed by atoms with Crippen LogP contribution in [0.5, 0.6) is 0 Å². The Morgan fingerprint density at radius 2 is 1.11 bits per heavy atom. The van der Waals surface area contributed by atoms with Gasteiger partial charge in [-0.3, -0.25) is 14.0 Å². The zero-order valence-corrected chi connectivity index (χ0v) is 26.7. The molecule has 0 aromatic carbocycles. The van der Waals surface area contributed by atoms with Crippen molar-refractivity contribution in [3.8, 4) is 0 Å². The van der Waals surface area contributed by atoms with Crippen LogP contribution in [0.3, 0.4) is 0 Å². The molecule has 0 saturated heterocycles. The zero-order valence-electron chi connectivity index (χ0n) is 25.1. The topological polar surface area (TPSA) is 80.8 Å². The normalized spacial score (nSPS) is 19.3. The highest BCUT2D eigenvalue weighted by atomic mass is 32.2. The van der Waals surface area contributed by atoms with Gasteiger partial charge in [-0.2, -0.15) is 0 Å². The minimum Gasteiger partial charge on any atom is -0.773 e. The Morgan fingerprint density at radius 3 is 1.39 bits per heavy atom. The molecule has 0 amide bonds. The molecule has 218 valence electrons. The van der Waals surface area contributed by atoms with Gasteiger partial charge in [0.15, 0.2) is 0 Å². The van der Waals surface area contributed by atoms with Gasteiger partial charge in [-0.15, -0.1) is 0 Å². The molecule has 2 saturated carbocycles. The molecule has 8 heteroatoms. The standard InChI is InChI=1S/C14H29NO2S.C13H27N.CH4O2S/c1-14(2,3)15(11-8-12-18(4,16)17)13-9-6-5-7-10-13;1-5-11-14(13(2,3)4)12-9-7-6-8-10-12;1-4(2)3/h13H,5-12H2,1-4H3;12H,5-11H2,1-4H3;1H3,(H,2,3)/p-1. The van der Waals surface area contributed by atoms with E-state index in [0.29, 0.717) is 17.3 Å². The van der Waals surface area contributed by atoms with Crippen molar-refractivity contribution >= 4 is 20.9 Å². The van der Waals surface area contributed by atoms with E-state index in [2.05, 4.69) is 58.3 Å². The molecule has 36 heavy (non-hydrogen) atoms. The number of hydrogen-bond acceptors (Lipinski definition) is 6. The number of rotatable bonds is 8. The van der Waals surface area contributed by atoms with Gasteiger partial charge in [-0.1, -0.05) is 56.5 Å². The molecule has 0 heterocycles. The summed E-state index contributed by atoms with van der Waals surface area (Å²) in [6, 6.07) is 1.52. The van der Waals surface area contributed by atoms with Crippen LogP contribution in [0, 0.1) is 0 Å². The van der Waals surface area contributed by atoms with Crippen molar-refractivity contribution in [3.63, 3.8) is 0 Å². The van der Waals surface area contributed by atoms with Crippen LogP contribution in [-0.4, -0.2) is 81.5 Å². The average molecular weight is 552 g/mol. The molecule has 2 aliphatic rings. The fourth-order valence-corrected chi connectivity index (χ4v) is 6.31. The van der Waals surface area contributed by atoms with Crippen LogP contribution in [0.4, 0.5) is 0 Å². The van der Waals surface area contributed by atoms with E-state index in [-0.39, 0.29) is 5.54 Å². The molecular formula is C28H59N2O4S2-. The number of hydrogen-bond donors (Lipinski definition) is 0. The molecule has 2 rings (SSSR count). The molecule has 0 aliphatic heterocycles. The first-order valence-electron chi connectivity index (χ1n) is 14.2. The van der Waals surface area contributed by atoms with Gasteiger partial charge in [0.1, 0.15) is 9.84 Å². The first kappa shape index (κ1) is 36.0. The van der Waals surface area contributed by atoms with Crippen LogP contribution in [0.1, 0.15) is 126 Å². The second kappa shape index (κ2) is 17.5. The van der Waals surface area contributed by atoms with Crippen molar-refractivity contribution in [3.05, 3.63) is 0 Å². The lowest BCUT2D eigenvalue weighted by Crippen LogP contribution is -2.49. The summed E-state index contributed by atoms with van der Waals surface area (Å²) in [5, 5.41) is 0. The Labute approximate surface area is 227 Å². The molecule has 1 atom stereocenters. The molecule has 2 fully saturated rings. The second-order valence-corrected chi connectivity index (χ2v) is 15.8. The summed E-state index contributed by atoms with van der Waals surface area (Å²) < 4.78 is 40.4. The Kier molecular flexibility index (Phi) is 17.5. The zero-order chi connectivity index (χ0) is 28.0. The number of nitrogens with zero attached hydrogens (tertiary/aromatic N) is 2. The predicted octanol–water partition coefficient (Wildman–Crippen LogP) is 6.18. The monoisotopic (exact) mass is 551 g/mol. The summed E-state index contributed by atoms with van der Waals surface area (Å²) in [4.78, 5) is 5.25. The van der Waals surface area contributed by atoms with E-state index in [0.717, 1.165) is 25.3 Å². The van der Waals surface area contributed by atoms with Gasteiger partial charge in [0.05, 0.1) is 5.75 Å². The summed E-state index contributed by atoms with van der Waals surface area (Å²) in [5.74, 6) is 0.312. The van der Waals surface area contributed by atoms with E-state index in [4.69, 9.17) is 8.76 Å². The smallest absolute Gasteiger partial charge is 0.147 e. The fourth-order valence-electron chi connectivity index (χ4n) is 5.65. The van der Waals surface area contributed by atoms with Gasteiger partial charge >= 0.3 is 0 Å². The average Bonchev–Trinajstić information content (AvgIpc) is 2.74. The summed E-state index contributed by atoms with van der Waals surface area (Å²) in [6.07, 6.45) is 18.2. The minimum absolute atomic E-state index is 0.138. The van der Waals surface area contributed by atoms with Gasteiger partial charge in [0, 0.05) is 29.4 Å². The van der Waals surface area contributed by atoms with E-state index >= 15 is 0 Å². The molecule has 0 N–H and O–H groups in total. The second-order valence-electron chi connectivity index (χ2n) is 12.7. The van der Waals surface area contributed by atoms with Gasteiger partial charge in [0.2, 0.25) is 0 Å². The highest BCUT2D eigenvalue weighted by Crippen LogP contribution is 2.29.